The predicted octanol–water partition coefficient (Wildman–Crippen LogP) is 4.95. The third kappa shape index (κ3) is 7.82. The fourth-order valence-electron chi connectivity index (χ4n) is 7.26. The molecule has 2 saturated heterocycles. The van der Waals surface area contributed by atoms with Crippen LogP contribution in [0.4, 0.5) is 34.5 Å². The van der Waals surface area contributed by atoms with E-state index >= 15 is 0 Å². The van der Waals surface area contributed by atoms with Gasteiger partial charge in [-0.05, 0) is 68.8 Å². The second-order valence-electron chi connectivity index (χ2n) is 14.1. The van der Waals surface area contributed by atoms with Gasteiger partial charge in [-0.1, -0.05) is 12.7 Å². The van der Waals surface area contributed by atoms with Crippen molar-refractivity contribution in [2.45, 2.75) is 38.1 Å². The summed E-state index contributed by atoms with van der Waals surface area (Å²) in [6.45, 7) is 11.3. The molecule has 0 spiro atoms. The summed E-state index contributed by atoms with van der Waals surface area (Å²) in [6, 6.07) is 8.54. The van der Waals surface area contributed by atoms with Gasteiger partial charge in [0.05, 0.1) is 24.7 Å². The van der Waals surface area contributed by atoms with Crippen LogP contribution in [-0.2, 0) is 16.4 Å². The maximum Gasteiger partial charge on any atom is 0.232 e. The lowest BCUT2D eigenvalue weighted by molar-refractivity contribution is 0.0982. The van der Waals surface area contributed by atoms with Gasteiger partial charge >= 0.3 is 0 Å². The first-order valence-corrected chi connectivity index (χ1v) is 19.7. The van der Waals surface area contributed by atoms with Crippen LogP contribution in [0.25, 0.3) is 6.08 Å². The Morgan fingerprint density at radius 3 is 2.45 bits per heavy atom. The molecule has 0 amide bonds. The van der Waals surface area contributed by atoms with Crippen LogP contribution >= 0.6 is 0 Å². The van der Waals surface area contributed by atoms with Crippen LogP contribution in [0.5, 0.6) is 17.2 Å². The molecule has 2 aromatic carbocycles. The summed E-state index contributed by atoms with van der Waals surface area (Å²) in [5.74, 6) is 3.05. The molecule has 3 aliphatic heterocycles. The first-order chi connectivity index (χ1) is 24.6. The molecule has 51 heavy (non-hydrogen) atoms. The van der Waals surface area contributed by atoms with Crippen molar-refractivity contribution in [3.05, 3.63) is 48.2 Å². The Morgan fingerprint density at radius 1 is 1.02 bits per heavy atom. The number of sulfonamides is 1. The summed E-state index contributed by atoms with van der Waals surface area (Å²) in [5, 5.41) is 6.76. The monoisotopic (exact) mass is 718 g/mol. The van der Waals surface area contributed by atoms with Crippen molar-refractivity contribution in [3.8, 4) is 17.2 Å². The molecule has 1 saturated carbocycles. The van der Waals surface area contributed by atoms with Crippen LogP contribution in [0, 0.1) is 5.92 Å². The van der Waals surface area contributed by atoms with Crippen molar-refractivity contribution in [1.82, 2.24) is 19.8 Å². The number of likely N-dealkylation sites (N-methyl/N-ethyl adjacent to an activating group) is 1. The zero-order chi connectivity index (χ0) is 35.7. The summed E-state index contributed by atoms with van der Waals surface area (Å²) in [5.41, 5.74) is 4.80. The number of fused-ring (bicyclic) bond motifs is 1. The molecular formula is C37H50N8O5S. The van der Waals surface area contributed by atoms with E-state index in [0.29, 0.717) is 65.4 Å². The number of benzene rings is 2. The molecule has 2 N–H and O–H groups in total. The fraction of sp³-hybridized carbons (Fsp3) is 0.514. The first-order valence-electron chi connectivity index (χ1n) is 17.9. The van der Waals surface area contributed by atoms with Gasteiger partial charge in [-0.2, -0.15) is 4.98 Å². The van der Waals surface area contributed by atoms with E-state index in [0.717, 1.165) is 63.4 Å². The highest BCUT2D eigenvalue weighted by molar-refractivity contribution is 7.92. The van der Waals surface area contributed by atoms with Gasteiger partial charge in [-0.15, -0.1) is 0 Å². The van der Waals surface area contributed by atoms with Crippen molar-refractivity contribution in [2.24, 2.45) is 5.92 Å². The molecule has 14 heteroatoms. The van der Waals surface area contributed by atoms with Crippen LogP contribution in [0.3, 0.4) is 0 Å². The largest absolute Gasteiger partial charge is 0.494 e. The molecule has 1 aliphatic carbocycles. The van der Waals surface area contributed by atoms with Crippen LogP contribution in [0.1, 0.15) is 36.8 Å². The van der Waals surface area contributed by atoms with Crippen LogP contribution in [-0.4, -0.2) is 114 Å². The minimum Gasteiger partial charge on any atom is -0.494 e. The van der Waals surface area contributed by atoms with Crippen molar-refractivity contribution in [2.75, 3.05) is 99.8 Å². The van der Waals surface area contributed by atoms with Gasteiger partial charge in [0.2, 0.25) is 16.0 Å². The number of piperidine rings is 1. The van der Waals surface area contributed by atoms with Gasteiger partial charge in [-0.3, -0.25) is 9.21 Å². The maximum absolute atomic E-state index is 12.7. The fourth-order valence-corrected chi connectivity index (χ4v) is 7.77. The van der Waals surface area contributed by atoms with Gasteiger partial charge in [0.25, 0.3) is 0 Å². The quantitative estimate of drug-likeness (QED) is 0.263. The van der Waals surface area contributed by atoms with Gasteiger partial charge in [0.1, 0.15) is 30.5 Å². The third-order valence-electron chi connectivity index (χ3n) is 10.5. The predicted molar refractivity (Wildman–Crippen MR) is 203 cm³/mol. The van der Waals surface area contributed by atoms with Gasteiger partial charge in [-0.25, -0.2) is 13.4 Å². The number of anilines is 6. The zero-order valence-electron chi connectivity index (χ0n) is 30.2. The molecule has 0 atom stereocenters. The van der Waals surface area contributed by atoms with Crippen molar-refractivity contribution in [1.29, 1.82) is 0 Å². The Bertz CT molecular complexity index is 1850. The Labute approximate surface area is 301 Å². The summed E-state index contributed by atoms with van der Waals surface area (Å²) < 4.78 is 44.2. The molecule has 4 heterocycles. The van der Waals surface area contributed by atoms with E-state index in [9.17, 15) is 8.42 Å². The topological polar surface area (TPSA) is 125 Å². The Kier molecular flexibility index (Phi) is 10.2. The summed E-state index contributed by atoms with van der Waals surface area (Å²) in [4.78, 5) is 17.1. The molecule has 0 bridgehead atoms. The molecule has 4 aliphatic rings. The summed E-state index contributed by atoms with van der Waals surface area (Å²) in [6.07, 6.45) is 10.4. The van der Waals surface area contributed by atoms with E-state index in [1.165, 1.54) is 48.3 Å². The van der Waals surface area contributed by atoms with Crippen LogP contribution in [0.15, 0.2) is 37.0 Å². The standard InChI is InChI=1S/C37H50N8O5S/c1-6-26-24-38-37(41-36(26)39-29-9-10-32-35(50-20-19-49-32)34(29)43(3)51(5,46)47)40-30-22-27(21-25-7-8-25)31(23-33(30)48-4)45-13-11-28(12-14-45)44-17-15-42(2)16-18-44/h6,9-10,22-25,28H,1,7-8,11-21H2,2-5H3,(H2,38,39,40,41). The molecule has 7 rings (SSSR count). The van der Waals surface area contributed by atoms with Gasteiger partial charge in [0, 0.05) is 75.9 Å². The minimum absolute atomic E-state index is 0.304. The second kappa shape index (κ2) is 14.8. The molecule has 3 fully saturated rings. The average Bonchev–Trinajstić information content (AvgIpc) is 3.96. The number of hydrogen-bond donors (Lipinski definition) is 2. The van der Waals surface area contributed by atoms with Crippen molar-refractivity contribution in [3.63, 3.8) is 0 Å². The highest BCUT2D eigenvalue weighted by Crippen LogP contribution is 2.46. The zero-order valence-corrected chi connectivity index (χ0v) is 31.0. The van der Waals surface area contributed by atoms with Crippen LogP contribution in [0.2, 0.25) is 0 Å². The number of aromatic nitrogens is 2. The van der Waals surface area contributed by atoms with E-state index in [-0.39, 0.29) is 0 Å². The Balaban J connectivity index is 1.15. The summed E-state index contributed by atoms with van der Waals surface area (Å²) in [7, 11) is 1.76. The minimum atomic E-state index is -3.64. The van der Waals surface area contributed by atoms with Crippen molar-refractivity contribution < 1.29 is 22.6 Å². The van der Waals surface area contributed by atoms with E-state index in [4.69, 9.17) is 19.2 Å². The number of methoxy groups -OCH3 is 1. The molecule has 13 nitrogen and oxygen atoms in total. The highest BCUT2D eigenvalue weighted by Gasteiger charge is 2.31. The molecule has 1 aromatic heterocycles. The number of nitrogens with zero attached hydrogens (tertiary/aromatic N) is 6. The third-order valence-corrected chi connectivity index (χ3v) is 11.7. The average molecular weight is 719 g/mol. The lowest BCUT2D eigenvalue weighted by Crippen LogP contribution is -2.52. The molecule has 274 valence electrons. The van der Waals surface area contributed by atoms with E-state index in [1.807, 2.05) is 0 Å². The number of piperazine rings is 1. The first kappa shape index (κ1) is 35.1. The second-order valence-corrected chi connectivity index (χ2v) is 16.1. The smallest absolute Gasteiger partial charge is 0.232 e. The lowest BCUT2D eigenvalue weighted by atomic mass is 9.98. The number of rotatable bonds is 12. The number of ether oxygens (including phenoxy) is 3. The highest BCUT2D eigenvalue weighted by atomic mass is 32.2. The molecule has 3 aromatic rings. The van der Waals surface area contributed by atoms with Crippen molar-refractivity contribution >= 4 is 50.6 Å². The van der Waals surface area contributed by atoms with E-state index in [2.05, 4.69) is 56.1 Å². The number of nitrogens with one attached hydrogen (secondary N) is 2. The molecule has 0 unspecified atom stereocenters. The number of hydrogen-bond acceptors (Lipinski definition) is 12. The van der Waals surface area contributed by atoms with Crippen LogP contribution < -0.4 is 34.0 Å². The lowest BCUT2D eigenvalue weighted by Gasteiger charge is -2.43. The Hall–Kier alpha value is -4.27. The van der Waals surface area contributed by atoms with E-state index in [1.54, 1.807) is 31.5 Å². The summed E-state index contributed by atoms with van der Waals surface area (Å²) >= 11 is 0. The SMILES string of the molecule is C=Cc1cnc(Nc2cc(CC3CC3)c(N3CCC(N4CCN(C)CC4)CC3)cc2OC)nc1Nc1ccc2c(c1N(C)S(C)(=O)=O)OCCO2. The van der Waals surface area contributed by atoms with E-state index < -0.39 is 10.0 Å². The molecule has 0 radical (unpaired) electrons. The maximum atomic E-state index is 12.7. The van der Waals surface area contributed by atoms with Gasteiger partial charge < -0.3 is 34.6 Å². The Morgan fingerprint density at radius 2 is 1.76 bits per heavy atom. The normalized spacial score (nSPS) is 18.7. The molecular weight excluding hydrogens is 669 g/mol. The van der Waals surface area contributed by atoms with Gasteiger partial charge in [0.15, 0.2) is 11.5 Å².